The fraction of sp³-hybridized carbons (Fsp3) is 0.222. The van der Waals surface area contributed by atoms with Gasteiger partial charge in [0.1, 0.15) is 17.3 Å². The van der Waals surface area contributed by atoms with Gasteiger partial charge < -0.3 is 4.74 Å². The van der Waals surface area contributed by atoms with E-state index >= 15 is 0 Å². The fourth-order valence-corrected chi connectivity index (χ4v) is 1.20. The van der Waals surface area contributed by atoms with Gasteiger partial charge in [0.15, 0.2) is 0 Å². The van der Waals surface area contributed by atoms with E-state index in [4.69, 9.17) is 4.74 Å². The highest BCUT2D eigenvalue weighted by atomic mass is 19.1. The summed E-state index contributed by atoms with van der Waals surface area (Å²) in [7, 11) is 0. The molecule has 0 N–H and O–H groups in total. The predicted octanol–water partition coefficient (Wildman–Crippen LogP) is 2.02. The zero-order valence-corrected chi connectivity index (χ0v) is 6.51. The highest BCUT2D eigenvalue weighted by Gasteiger charge is 2.15. The average Bonchev–Trinajstić information content (AvgIpc) is 2.04. The van der Waals surface area contributed by atoms with Crippen LogP contribution in [0.5, 0.6) is 5.75 Å². The number of hydrogen-bond acceptors (Lipinski definition) is 2. The van der Waals surface area contributed by atoms with Gasteiger partial charge in [-0.2, -0.15) is 0 Å². The van der Waals surface area contributed by atoms with Gasteiger partial charge in [-0.1, -0.05) is 6.58 Å². The Balaban J connectivity index is 2.53. The zero-order chi connectivity index (χ0) is 8.55. The monoisotopic (exact) mass is 165 g/mol. The summed E-state index contributed by atoms with van der Waals surface area (Å²) in [6.45, 7) is 4.39. The molecule has 0 atom stereocenters. The standard InChI is InChI=1S/C9H8FNO/c1-6-2-3-12-8-4-7(10)5-11-9(6)8/h4-5H,1-3H2. The summed E-state index contributed by atoms with van der Waals surface area (Å²) in [6, 6.07) is 1.34. The minimum absolute atomic E-state index is 0.372. The van der Waals surface area contributed by atoms with Crippen LogP contribution < -0.4 is 4.74 Å². The molecule has 1 aliphatic heterocycles. The minimum atomic E-state index is -0.372. The minimum Gasteiger partial charge on any atom is -0.491 e. The van der Waals surface area contributed by atoms with E-state index in [1.54, 1.807) is 0 Å². The lowest BCUT2D eigenvalue weighted by Crippen LogP contribution is -2.08. The summed E-state index contributed by atoms with van der Waals surface area (Å²) in [5.41, 5.74) is 1.60. The Bertz CT molecular complexity index is 335. The van der Waals surface area contributed by atoms with Crippen LogP contribution >= 0.6 is 0 Å². The normalized spacial score (nSPS) is 15.2. The Morgan fingerprint density at radius 1 is 1.58 bits per heavy atom. The van der Waals surface area contributed by atoms with E-state index in [0.717, 1.165) is 12.0 Å². The third kappa shape index (κ3) is 1.07. The maximum absolute atomic E-state index is 12.6. The first-order chi connectivity index (χ1) is 5.77. The van der Waals surface area contributed by atoms with Crippen molar-refractivity contribution in [2.24, 2.45) is 0 Å². The second kappa shape index (κ2) is 2.59. The van der Waals surface area contributed by atoms with E-state index in [0.29, 0.717) is 18.1 Å². The first-order valence-electron chi connectivity index (χ1n) is 3.74. The second-order valence-corrected chi connectivity index (χ2v) is 2.70. The summed E-state index contributed by atoms with van der Waals surface area (Å²) < 4.78 is 17.9. The number of aromatic nitrogens is 1. The van der Waals surface area contributed by atoms with Crippen LogP contribution in [0.2, 0.25) is 0 Å². The highest BCUT2D eigenvalue weighted by molar-refractivity contribution is 5.66. The summed E-state index contributed by atoms with van der Waals surface area (Å²) in [4.78, 5) is 3.90. The van der Waals surface area contributed by atoms with Crippen LogP contribution in [0.15, 0.2) is 18.8 Å². The lowest BCUT2D eigenvalue weighted by atomic mass is 10.1. The van der Waals surface area contributed by atoms with Gasteiger partial charge in [0.25, 0.3) is 0 Å². The van der Waals surface area contributed by atoms with E-state index < -0.39 is 0 Å². The molecule has 0 saturated carbocycles. The number of rotatable bonds is 0. The zero-order valence-electron chi connectivity index (χ0n) is 6.51. The maximum Gasteiger partial charge on any atom is 0.148 e. The van der Waals surface area contributed by atoms with Crippen LogP contribution in [0.25, 0.3) is 5.57 Å². The molecule has 0 radical (unpaired) electrons. The van der Waals surface area contributed by atoms with Crippen molar-refractivity contribution in [1.29, 1.82) is 0 Å². The molecule has 2 heterocycles. The van der Waals surface area contributed by atoms with E-state index in [-0.39, 0.29) is 5.82 Å². The van der Waals surface area contributed by atoms with Crippen LogP contribution in [0.1, 0.15) is 12.1 Å². The van der Waals surface area contributed by atoms with Crippen molar-refractivity contribution in [3.8, 4) is 5.75 Å². The van der Waals surface area contributed by atoms with Crippen molar-refractivity contribution in [2.45, 2.75) is 6.42 Å². The van der Waals surface area contributed by atoms with Crippen molar-refractivity contribution >= 4 is 5.57 Å². The molecule has 2 rings (SSSR count). The number of fused-ring (bicyclic) bond motifs is 1. The van der Waals surface area contributed by atoms with Gasteiger partial charge in [0.2, 0.25) is 0 Å². The van der Waals surface area contributed by atoms with Crippen molar-refractivity contribution in [3.63, 3.8) is 0 Å². The SMILES string of the molecule is C=C1CCOc2cc(F)cnc21. The molecule has 0 aliphatic carbocycles. The van der Waals surface area contributed by atoms with E-state index in [2.05, 4.69) is 11.6 Å². The maximum atomic E-state index is 12.6. The molecule has 0 fully saturated rings. The largest absolute Gasteiger partial charge is 0.491 e. The van der Waals surface area contributed by atoms with Crippen LogP contribution in [0.3, 0.4) is 0 Å². The van der Waals surface area contributed by atoms with Crippen molar-refractivity contribution in [3.05, 3.63) is 30.4 Å². The highest BCUT2D eigenvalue weighted by Crippen LogP contribution is 2.29. The molecular weight excluding hydrogens is 157 g/mol. The first-order valence-corrected chi connectivity index (χ1v) is 3.74. The van der Waals surface area contributed by atoms with Crippen molar-refractivity contribution in [1.82, 2.24) is 4.98 Å². The van der Waals surface area contributed by atoms with E-state index in [1.807, 2.05) is 0 Å². The van der Waals surface area contributed by atoms with E-state index in [9.17, 15) is 4.39 Å². The summed E-state index contributed by atoms with van der Waals surface area (Å²) in [5, 5.41) is 0. The number of halogens is 1. The van der Waals surface area contributed by atoms with Crippen LogP contribution in [0, 0.1) is 5.82 Å². The quantitative estimate of drug-likeness (QED) is 0.586. The molecule has 0 saturated heterocycles. The smallest absolute Gasteiger partial charge is 0.148 e. The van der Waals surface area contributed by atoms with Crippen molar-refractivity contribution in [2.75, 3.05) is 6.61 Å². The number of hydrogen-bond donors (Lipinski definition) is 0. The van der Waals surface area contributed by atoms with Gasteiger partial charge in [-0.3, -0.25) is 0 Å². The Labute approximate surface area is 69.7 Å². The average molecular weight is 165 g/mol. The van der Waals surface area contributed by atoms with E-state index in [1.165, 1.54) is 12.3 Å². The Morgan fingerprint density at radius 2 is 2.42 bits per heavy atom. The van der Waals surface area contributed by atoms with Crippen LogP contribution in [0.4, 0.5) is 4.39 Å². The number of ether oxygens (including phenoxy) is 1. The van der Waals surface area contributed by atoms with Crippen LogP contribution in [-0.2, 0) is 0 Å². The van der Waals surface area contributed by atoms with Gasteiger partial charge in [-0.15, -0.1) is 0 Å². The summed E-state index contributed by atoms with van der Waals surface area (Å²) >= 11 is 0. The molecule has 1 aromatic heterocycles. The molecule has 0 spiro atoms. The van der Waals surface area contributed by atoms with Gasteiger partial charge >= 0.3 is 0 Å². The molecule has 12 heavy (non-hydrogen) atoms. The van der Waals surface area contributed by atoms with Gasteiger partial charge in [-0.25, -0.2) is 9.37 Å². The molecule has 3 heteroatoms. The summed E-state index contributed by atoms with van der Waals surface area (Å²) in [5.74, 6) is 0.134. The molecule has 0 amide bonds. The lowest BCUT2D eigenvalue weighted by molar-refractivity contribution is 0.312. The molecule has 0 bridgehead atoms. The molecule has 1 aromatic rings. The van der Waals surface area contributed by atoms with Gasteiger partial charge in [0.05, 0.1) is 12.8 Å². The predicted molar refractivity (Wildman–Crippen MR) is 43.3 cm³/mol. The van der Waals surface area contributed by atoms with Gasteiger partial charge in [0, 0.05) is 12.5 Å². The molecule has 62 valence electrons. The number of pyridine rings is 1. The topological polar surface area (TPSA) is 22.1 Å². The first kappa shape index (κ1) is 7.28. The molecule has 1 aliphatic rings. The lowest BCUT2D eigenvalue weighted by Gasteiger charge is -2.17. The van der Waals surface area contributed by atoms with Crippen molar-refractivity contribution < 1.29 is 9.13 Å². The second-order valence-electron chi connectivity index (χ2n) is 2.70. The van der Waals surface area contributed by atoms with Crippen LogP contribution in [-0.4, -0.2) is 11.6 Å². The summed E-state index contributed by atoms with van der Waals surface area (Å²) in [6.07, 6.45) is 1.95. The molecule has 2 nitrogen and oxygen atoms in total. The Morgan fingerprint density at radius 3 is 3.25 bits per heavy atom. The third-order valence-electron chi connectivity index (χ3n) is 1.82. The third-order valence-corrected chi connectivity index (χ3v) is 1.82. The number of nitrogens with zero attached hydrogens (tertiary/aromatic N) is 1. The molecule has 0 aromatic carbocycles. The fourth-order valence-electron chi connectivity index (χ4n) is 1.20. The molecule has 0 unspecified atom stereocenters. The Kier molecular flexibility index (Phi) is 1.57. The molecular formula is C9H8FNO. The Hall–Kier alpha value is -1.38. The van der Waals surface area contributed by atoms with Gasteiger partial charge in [-0.05, 0) is 5.57 Å².